The number of hydrogen-bond donors (Lipinski definition) is 0. The van der Waals surface area contributed by atoms with Gasteiger partial charge in [0.25, 0.3) is 0 Å². The molecular weight excluding hydrogens is 431 g/mol. The number of alkyl halides is 3. The highest BCUT2D eigenvalue weighted by Gasteiger charge is 2.53. The number of ether oxygens (including phenoxy) is 1. The van der Waals surface area contributed by atoms with Crippen LogP contribution in [0.4, 0.5) is 17.6 Å². The van der Waals surface area contributed by atoms with Crippen LogP contribution in [0.5, 0.6) is 5.75 Å². The molecule has 0 atom stereocenters. The monoisotopic (exact) mass is 452 g/mol. The minimum atomic E-state index is -4.33. The topological polar surface area (TPSA) is 27.7 Å². The molecule has 2 rings (SSSR count). The fourth-order valence-corrected chi connectivity index (χ4v) is 2.81. The van der Waals surface area contributed by atoms with E-state index in [-0.39, 0.29) is 11.3 Å². The minimum absolute atomic E-state index is 0.159. The van der Waals surface area contributed by atoms with Crippen molar-refractivity contribution in [3.05, 3.63) is 34.0 Å². The van der Waals surface area contributed by atoms with E-state index in [1.54, 1.807) is 39.8 Å². The Labute approximate surface area is 165 Å². The SMILES string of the molecule is CC(=C(F)B1OC(C)(C)C(C)(C)O1)c1cc(Br)ccc1OCCC(F)(F)F. The molecular formula is C18H22BBrF4O3. The molecule has 27 heavy (non-hydrogen) atoms. The molecule has 150 valence electrons. The summed E-state index contributed by atoms with van der Waals surface area (Å²) in [5.41, 5.74) is -1.56. The molecule has 1 aliphatic heterocycles. The molecule has 0 bridgehead atoms. The maximum atomic E-state index is 15.1. The summed E-state index contributed by atoms with van der Waals surface area (Å²) >= 11 is 3.29. The van der Waals surface area contributed by atoms with Crippen molar-refractivity contribution in [2.45, 2.75) is 58.4 Å². The summed E-state index contributed by atoms with van der Waals surface area (Å²) in [6.07, 6.45) is -5.42. The highest BCUT2D eigenvalue weighted by molar-refractivity contribution is 9.10. The van der Waals surface area contributed by atoms with E-state index in [2.05, 4.69) is 15.9 Å². The van der Waals surface area contributed by atoms with Crippen molar-refractivity contribution in [1.29, 1.82) is 0 Å². The Morgan fingerprint density at radius 3 is 2.22 bits per heavy atom. The number of hydrogen-bond acceptors (Lipinski definition) is 3. The summed E-state index contributed by atoms with van der Waals surface area (Å²) < 4.78 is 69.5. The Kier molecular flexibility index (Phi) is 6.39. The summed E-state index contributed by atoms with van der Waals surface area (Å²) in [4.78, 5) is 0. The van der Waals surface area contributed by atoms with Gasteiger partial charge in [0, 0.05) is 10.0 Å². The molecule has 0 N–H and O–H groups in total. The lowest BCUT2D eigenvalue weighted by atomic mass is 9.83. The van der Waals surface area contributed by atoms with Gasteiger partial charge in [-0.15, -0.1) is 0 Å². The van der Waals surface area contributed by atoms with Crippen LogP contribution in [0, 0.1) is 0 Å². The fraction of sp³-hybridized carbons (Fsp3) is 0.556. The summed E-state index contributed by atoms with van der Waals surface area (Å²) in [6.45, 7) is 8.18. The molecule has 3 nitrogen and oxygen atoms in total. The second-order valence-corrected chi connectivity index (χ2v) is 8.33. The first-order valence-corrected chi connectivity index (χ1v) is 9.24. The predicted octanol–water partition coefficient (Wildman–Crippen LogP) is 6.11. The fourth-order valence-electron chi connectivity index (χ4n) is 2.45. The molecule has 0 radical (unpaired) electrons. The Hall–Kier alpha value is -1.06. The highest BCUT2D eigenvalue weighted by Crippen LogP contribution is 2.41. The van der Waals surface area contributed by atoms with Gasteiger partial charge in [0.15, 0.2) is 0 Å². The standard InChI is InChI=1S/C18H22BBrF4O3/c1-11(15(21)19-26-16(2,3)17(4,5)27-19)13-10-12(20)6-7-14(13)25-9-8-18(22,23)24/h6-7,10H,8-9H2,1-5H3. The van der Waals surface area contributed by atoms with Gasteiger partial charge in [0.1, 0.15) is 11.5 Å². The van der Waals surface area contributed by atoms with Crippen LogP contribution in [0.3, 0.4) is 0 Å². The second kappa shape index (κ2) is 7.76. The maximum Gasteiger partial charge on any atom is 0.525 e. The van der Waals surface area contributed by atoms with E-state index in [4.69, 9.17) is 14.0 Å². The van der Waals surface area contributed by atoms with Gasteiger partial charge in [0.05, 0.1) is 24.2 Å². The molecule has 0 saturated carbocycles. The third-order valence-corrected chi connectivity index (χ3v) is 5.30. The lowest BCUT2D eigenvalue weighted by molar-refractivity contribution is -0.139. The number of benzene rings is 1. The van der Waals surface area contributed by atoms with Crippen LogP contribution in [0.1, 0.15) is 46.6 Å². The molecule has 0 aromatic heterocycles. The quantitative estimate of drug-likeness (QED) is 0.398. The van der Waals surface area contributed by atoms with E-state index in [9.17, 15) is 13.2 Å². The van der Waals surface area contributed by atoms with Crippen LogP contribution in [0.15, 0.2) is 28.4 Å². The van der Waals surface area contributed by atoms with Gasteiger partial charge >= 0.3 is 13.3 Å². The molecule has 1 aliphatic rings. The molecule has 1 heterocycles. The number of halogens is 5. The zero-order valence-electron chi connectivity index (χ0n) is 15.8. The summed E-state index contributed by atoms with van der Waals surface area (Å²) in [6, 6.07) is 4.70. The molecule has 9 heteroatoms. The summed E-state index contributed by atoms with van der Waals surface area (Å²) in [5.74, 6) is 0.159. The summed E-state index contributed by atoms with van der Waals surface area (Å²) in [7, 11) is -1.20. The van der Waals surface area contributed by atoms with E-state index in [1.807, 2.05) is 0 Å². The van der Waals surface area contributed by atoms with E-state index < -0.39 is 43.3 Å². The summed E-state index contributed by atoms with van der Waals surface area (Å²) in [5, 5.41) is 0. The van der Waals surface area contributed by atoms with E-state index >= 15 is 4.39 Å². The van der Waals surface area contributed by atoms with Crippen molar-refractivity contribution in [3.63, 3.8) is 0 Å². The van der Waals surface area contributed by atoms with Crippen molar-refractivity contribution in [3.8, 4) is 5.75 Å². The molecule has 0 aliphatic carbocycles. The molecule has 1 saturated heterocycles. The second-order valence-electron chi connectivity index (χ2n) is 7.42. The van der Waals surface area contributed by atoms with Gasteiger partial charge in [-0.25, -0.2) is 4.39 Å². The smallest absolute Gasteiger partial charge is 0.493 e. The Morgan fingerprint density at radius 2 is 1.70 bits per heavy atom. The molecule has 0 spiro atoms. The Bertz CT molecular complexity index is 716. The minimum Gasteiger partial charge on any atom is -0.493 e. The average molecular weight is 453 g/mol. The van der Waals surface area contributed by atoms with Gasteiger partial charge in [-0.2, -0.15) is 13.2 Å². The van der Waals surface area contributed by atoms with Crippen LogP contribution >= 0.6 is 15.9 Å². The van der Waals surface area contributed by atoms with Crippen molar-refractivity contribution in [1.82, 2.24) is 0 Å². The zero-order chi connectivity index (χ0) is 20.6. The van der Waals surface area contributed by atoms with E-state index in [1.165, 1.54) is 13.0 Å². The number of rotatable bonds is 5. The first-order chi connectivity index (χ1) is 12.2. The van der Waals surface area contributed by atoms with Crippen LogP contribution in [0.2, 0.25) is 0 Å². The Balaban J connectivity index is 2.30. The molecule has 1 fully saturated rings. The van der Waals surface area contributed by atoms with E-state index in [0.717, 1.165) is 0 Å². The van der Waals surface area contributed by atoms with Crippen molar-refractivity contribution >= 4 is 28.6 Å². The normalized spacial score (nSPS) is 19.9. The van der Waals surface area contributed by atoms with Gasteiger partial charge in [-0.3, -0.25) is 0 Å². The van der Waals surface area contributed by atoms with Crippen molar-refractivity contribution < 1.29 is 31.6 Å². The van der Waals surface area contributed by atoms with Gasteiger partial charge in [0.2, 0.25) is 0 Å². The van der Waals surface area contributed by atoms with Crippen LogP contribution in [-0.2, 0) is 9.31 Å². The largest absolute Gasteiger partial charge is 0.525 e. The molecule has 1 aromatic rings. The molecule has 0 unspecified atom stereocenters. The Morgan fingerprint density at radius 1 is 1.15 bits per heavy atom. The van der Waals surface area contributed by atoms with Gasteiger partial charge in [-0.05, 0) is 58.4 Å². The average Bonchev–Trinajstić information content (AvgIpc) is 2.74. The first-order valence-electron chi connectivity index (χ1n) is 8.45. The zero-order valence-corrected chi connectivity index (χ0v) is 17.4. The molecule has 1 aromatic carbocycles. The van der Waals surface area contributed by atoms with Crippen molar-refractivity contribution in [2.75, 3.05) is 6.61 Å². The van der Waals surface area contributed by atoms with Gasteiger partial charge < -0.3 is 14.0 Å². The van der Waals surface area contributed by atoms with Crippen LogP contribution in [-0.4, -0.2) is 31.1 Å². The third-order valence-electron chi connectivity index (χ3n) is 4.81. The third kappa shape index (κ3) is 5.26. The lowest BCUT2D eigenvalue weighted by Gasteiger charge is -2.32. The van der Waals surface area contributed by atoms with Crippen molar-refractivity contribution in [2.24, 2.45) is 0 Å². The lowest BCUT2D eigenvalue weighted by Crippen LogP contribution is -2.41. The first kappa shape index (κ1) is 22.2. The highest BCUT2D eigenvalue weighted by atomic mass is 79.9. The van der Waals surface area contributed by atoms with Crippen LogP contribution in [0.25, 0.3) is 5.57 Å². The van der Waals surface area contributed by atoms with Gasteiger partial charge in [-0.1, -0.05) is 15.9 Å². The van der Waals surface area contributed by atoms with Crippen LogP contribution < -0.4 is 4.74 Å². The molecule has 0 amide bonds. The van der Waals surface area contributed by atoms with E-state index in [0.29, 0.717) is 10.0 Å². The maximum absolute atomic E-state index is 15.1. The number of allylic oxidation sites excluding steroid dienone is 1. The predicted molar refractivity (Wildman–Crippen MR) is 100 cm³/mol.